The Kier molecular flexibility index (Phi) is 3.84. The van der Waals surface area contributed by atoms with Crippen LogP contribution in [0.2, 0.25) is 0 Å². The maximum atomic E-state index is 4.13. The van der Waals surface area contributed by atoms with Gasteiger partial charge in [0.05, 0.1) is 0 Å². The summed E-state index contributed by atoms with van der Waals surface area (Å²) in [6.07, 6.45) is 0. The van der Waals surface area contributed by atoms with Gasteiger partial charge in [0, 0.05) is 34.7 Å². The third-order valence-electron chi connectivity index (χ3n) is 1.42. The zero-order valence-electron chi connectivity index (χ0n) is 7.55. The van der Waals surface area contributed by atoms with E-state index < -0.39 is 0 Å². The highest BCUT2D eigenvalue weighted by Gasteiger charge is 2.03. The van der Waals surface area contributed by atoms with Gasteiger partial charge in [-0.05, 0) is 6.92 Å². The zero-order valence-corrected chi connectivity index (χ0v) is 7.55. The molecule has 0 N–H and O–H groups in total. The lowest BCUT2D eigenvalue weighted by atomic mass is 10.6. The van der Waals surface area contributed by atoms with Gasteiger partial charge in [-0.2, -0.15) is 0 Å². The van der Waals surface area contributed by atoms with Crippen LogP contribution in [0, 0.1) is 0 Å². The van der Waals surface area contributed by atoms with Crippen LogP contribution in [0.3, 0.4) is 0 Å². The van der Waals surface area contributed by atoms with Gasteiger partial charge < -0.3 is 9.80 Å². The molecular weight excluding hydrogens is 126 g/mol. The Bertz CT molecular complexity index is 118. The molecule has 0 saturated carbocycles. The van der Waals surface area contributed by atoms with Gasteiger partial charge >= 0.3 is 0 Å². The summed E-state index contributed by atoms with van der Waals surface area (Å²) in [5, 5.41) is 0. The molecule has 0 radical (unpaired) electrons. The fourth-order valence-corrected chi connectivity index (χ4v) is 0.854. The molecule has 3 nitrogen and oxygen atoms in total. The first kappa shape index (κ1) is 9.27. The summed E-state index contributed by atoms with van der Waals surface area (Å²) in [5.41, 5.74) is 0. The first-order valence-electron chi connectivity index (χ1n) is 3.48. The molecule has 0 atom stereocenters. The first-order valence-corrected chi connectivity index (χ1v) is 3.48. The predicted octanol–water partition coefficient (Wildman–Crippen LogP) is 0.485. The van der Waals surface area contributed by atoms with Crippen LogP contribution < -0.4 is 0 Å². The van der Waals surface area contributed by atoms with Gasteiger partial charge in [-0.3, -0.25) is 4.99 Å². The SMILES string of the molecule is CCN(C)C(=NC)N(C)C. The van der Waals surface area contributed by atoms with Crippen LogP contribution in [0.1, 0.15) is 6.92 Å². The Morgan fingerprint density at radius 3 is 1.90 bits per heavy atom. The molecule has 0 fully saturated rings. The highest BCUT2D eigenvalue weighted by molar-refractivity contribution is 5.79. The molecular formula is C7H17N3. The molecule has 0 bridgehead atoms. The summed E-state index contributed by atoms with van der Waals surface area (Å²) >= 11 is 0. The van der Waals surface area contributed by atoms with Gasteiger partial charge in [-0.1, -0.05) is 0 Å². The molecule has 0 rings (SSSR count). The number of nitrogens with zero attached hydrogens (tertiary/aromatic N) is 3. The van der Waals surface area contributed by atoms with Crippen molar-refractivity contribution in [3.63, 3.8) is 0 Å². The Balaban J connectivity index is 4.08. The smallest absolute Gasteiger partial charge is 0.195 e. The van der Waals surface area contributed by atoms with Crippen LogP contribution in [0.25, 0.3) is 0 Å². The van der Waals surface area contributed by atoms with Crippen LogP contribution in [-0.4, -0.2) is 50.5 Å². The molecule has 0 aromatic rings. The van der Waals surface area contributed by atoms with E-state index in [9.17, 15) is 0 Å². The quantitative estimate of drug-likeness (QED) is 0.393. The van der Waals surface area contributed by atoms with E-state index in [1.165, 1.54) is 0 Å². The Morgan fingerprint density at radius 2 is 1.80 bits per heavy atom. The van der Waals surface area contributed by atoms with Crippen LogP contribution in [0.5, 0.6) is 0 Å². The molecule has 0 amide bonds. The zero-order chi connectivity index (χ0) is 8.15. The monoisotopic (exact) mass is 143 g/mol. The molecule has 60 valence electrons. The number of hydrogen-bond acceptors (Lipinski definition) is 1. The minimum absolute atomic E-state index is 0.991. The van der Waals surface area contributed by atoms with Gasteiger partial charge in [0.2, 0.25) is 0 Å². The van der Waals surface area contributed by atoms with Crippen molar-refractivity contribution in [2.24, 2.45) is 4.99 Å². The summed E-state index contributed by atoms with van der Waals surface area (Å²) in [4.78, 5) is 8.23. The van der Waals surface area contributed by atoms with E-state index in [4.69, 9.17) is 0 Å². The lowest BCUT2D eigenvalue weighted by Crippen LogP contribution is -2.37. The molecule has 0 unspecified atom stereocenters. The maximum Gasteiger partial charge on any atom is 0.195 e. The van der Waals surface area contributed by atoms with Gasteiger partial charge in [0.1, 0.15) is 0 Å². The van der Waals surface area contributed by atoms with E-state index >= 15 is 0 Å². The van der Waals surface area contributed by atoms with Gasteiger partial charge in [-0.25, -0.2) is 0 Å². The summed E-state index contributed by atoms with van der Waals surface area (Å²) < 4.78 is 0. The maximum absolute atomic E-state index is 4.13. The van der Waals surface area contributed by atoms with Gasteiger partial charge in [-0.15, -0.1) is 0 Å². The Labute approximate surface area is 63.3 Å². The van der Waals surface area contributed by atoms with Crippen molar-refractivity contribution in [3.8, 4) is 0 Å². The van der Waals surface area contributed by atoms with Crippen molar-refractivity contribution >= 4 is 5.96 Å². The third-order valence-corrected chi connectivity index (χ3v) is 1.42. The lowest BCUT2D eigenvalue weighted by Gasteiger charge is -2.24. The van der Waals surface area contributed by atoms with E-state index in [2.05, 4.69) is 16.8 Å². The van der Waals surface area contributed by atoms with Crippen LogP contribution in [-0.2, 0) is 0 Å². The second kappa shape index (κ2) is 4.14. The Morgan fingerprint density at radius 1 is 1.30 bits per heavy atom. The molecule has 10 heavy (non-hydrogen) atoms. The molecule has 0 aliphatic heterocycles. The lowest BCUT2D eigenvalue weighted by molar-refractivity contribution is 0.440. The summed E-state index contributed by atoms with van der Waals surface area (Å²) in [7, 11) is 7.83. The predicted molar refractivity (Wildman–Crippen MR) is 45.4 cm³/mol. The summed E-state index contributed by atoms with van der Waals surface area (Å²) in [5.74, 6) is 1.02. The molecule has 0 heterocycles. The minimum atomic E-state index is 0.991. The number of hydrogen-bond donors (Lipinski definition) is 0. The highest BCUT2D eigenvalue weighted by Crippen LogP contribution is 1.89. The largest absolute Gasteiger partial charge is 0.349 e. The number of rotatable bonds is 1. The second-order valence-corrected chi connectivity index (χ2v) is 2.43. The Hall–Kier alpha value is -0.730. The van der Waals surface area contributed by atoms with Crippen molar-refractivity contribution < 1.29 is 0 Å². The summed E-state index contributed by atoms with van der Waals surface area (Å²) in [6.45, 7) is 3.10. The number of aliphatic imine (C=N–C) groups is 1. The average molecular weight is 143 g/mol. The molecule has 0 saturated heterocycles. The van der Waals surface area contributed by atoms with Crippen LogP contribution in [0.4, 0.5) is 0 Å². The van der Waals surface area contributed by atoms with Crippen LogP contribution >= 0.6 is 0 Å². The molecule has 0 aliphatic rings. The van der Waals surface area contributed by atoms with E-state index in [0.717, 1.165) is 12.5 Å². The highest BCUT2D eigenvalue weighted by atomic mass is 15.3. The van der Waals surface area contributed by atoms with Crippen molar-refractivity contribution in [1.29, 1.82) is 0 Å². The van der Waals surface area contributed by atoms with Crippen molar-refractivity contribution in [1.82, 2.24) is 9.80 Å². The fourth-order valence-electron chi connectivity index (χ4n) is 0.854. The van der Waals surface area contributed by atoms with E-state index in [0.29, 0.717) is 0 Å². The van der Waals surface area contributed by atoms with E-state index in [-0.39, 0.29) is 0 Å². The van der Waals surface area contributed by atoms with Crippen molar-refractivity contribution in [3.05, 3.63) is 0 Å². The van der Waals surface area contributed by atoms with Crippen LogP contribution in [0.15, 0.2) is 4.99 Å². The molecule has 0 aliphatic carbocycles. The first-order chi connectivity index (χ1) is 4.63. The summed E-state index contributed by atoms with van der Waals surface area (Å²) in [6, 6.07) is 0. The topological polar surface area (TPSA) is 18.8 Å². The van der Waals surface area contributed by atoms with Crippen molar-refractivity contribution in [2.45, 2.75) is 6.92 Å². The van der Waals surface area contributed by atoms with E-state index in [1.54, 1.807) is 0 Å². The molecule has 0 aromatic heterocycles. The van der Waals surface area contributed by atoms with E-state index in [1.807, 2.05) is 33.1 Å². The van der Waals surface area contributed by atoms with Gasteiger partial charge in [0.25, 0.3) is 0 Å². The third kappa shape index (κ3) is 2.25. The molecule has 3 heteroatoms. The number of guanidine groups is 1. The normalized spacial score (nSPS) is 11.5. The average Bonchev–Trinajstić information content (AvgIpc) is 1.88. The standard InChI is InChI=1S/C7H17N3/c1-6-10(5)7(8-2)9(3)4/h6H2,1-5H3. The second-order valence-electron chi connectivity index (χ2n) is 2.43. The van der Waals surface area contributed by atoms with Gasteiger partial charge in [0.15, 0.2) is 5.96 Å². The fraction of sp³-hybridized carbons (Fsp3) is 0.857. The molecule has 0 aromatic carbocycles. The minimum Gasteiger partial charge on any atom is -0.349 e. The van der Waals surface area contributed by atoms with Crippen molar-refractivity contribution in [2.75, 3.05) is 34.7 Å². The molecule has 0 spiro atoms.